The highest BCUT2D eigenvalue weighted by atomic mass is 32.2. The molecule has 0 saturated heterocycles. The number of ether oxygens (including phenoxy) is 1. The van der Waals surface area contributed by atoms with Crippen molar-refractivity contribution >= 4 is 43.9 Å². The van der Waals surface area contributed by atoms with Gasteiger partial charge in [-0.2, -0.15) is 0 Å². The molecule has 0 saturated carbocycles. The highest BCUT2D eigenvalue weighted by Crippen LogP contribution is 2.38. The fourth-order valence-corrected chi connectivity index (χ4v) is 6.90. The van der Waals surface area contributed by atoms with Crippen molar-refractivity contribution in [3.05, 3.63) is 112 Å². The highest BCUT2D eigenvalue weighted by Gasteiger charge is 2.29. The molecule has 200 valence electrons. The smallest absolute Gasteiger partial charge is 0.341 e. The average Bonchev–Trinajstić information content (AvgIpc) is 3.30. The van der Waals surface area contributed by atoms with Crippen molar-refractivity contribution in [2.24, 2.45) is 0 Å². The number of hydrogen-bond donors (Lipinski definition) is 2. The number of amides is 1. The number of sulfonamides is 1. The van der Waals surface area contributed by atoms with Gasteiger partial charge in [-0.25, -0.2) is 13.2 Å². The third kappa shape index (κ3) is 6.03. The fourth-order valence-electron chi connectivity index (χ4n) is 4.55. The zero-order valence-electron chi connectivity index (χ0n) is 21.2. The molecule has 0 fully saturated rings. The van der Waals surface area contributed by atoms with Gasteiger partial charge in [-0.05, 0) is 47.9 Å². The molecule has 39 heavy (non-hydrogen) atoms. The topological polar surface area (TPSA) is 105 Å². The van der Waals surface area contributed by atoms with Crippen LogP contribution in [0.4, 0.5) is 10.7 Å². The standard InChI is InChI=1S/C29H27N3O5S2/c1-37-29(34)26-24-15-16-32(18-20-9-4-2-5-10-20)19-25(24)38-28(26)30-27(33)21-11-8-12-22(17-21)31-39(35,36)23-13-6-3-7-14-23/h2-14,17,31H,15-16,18-19H2,1H3,(H,30,33). The number of nitrogens with one attached hydrogen (secondary N) is 2. The number of anilines is 2. The zero-order valence-corrected chi connectivity index (χ0v) is 22.8. The number of hydrogen-bond acceptors (Lipinski definition) is 7. The highest BCUT2D eigenvalue weighted by molar-refractivity contribution is 7.92. The summed E-state index contributed by atoms with van der Waals surface area (Å²) in [5, 5.41) is 3.29. The third-order valence-electron chi connectivity index (χ3n) is 6.43. The van der Waals surface area contributed by atoms with E-state index in [0.717, 1.165) is 23.5 Å². The van der Waals surface area contributed by atoms with E-state index in [1.165, 1.54) is 42.2 Å². The normalized spacial score (nSPS) is 13.4. The number of esters is 1. The molecule has 1 aliphatic heterocycles. The molecule has 0 unspecified atom stereocenters. The Kier molecular flexibility index (Phi) is 7.78. The van der Waals surface area contributed by atoms with Crippen LogP contribution in [0.15, 0.2) is 89.8 Å². The van der Waals surface area contributed by atoms with Crippen LogP contribution >= 0.6 is 11.3 Å². The molecule has 10 heteroatoms. The summed E-state index contributed by atoms with van der Waals surface area (Å²) in [5.74, 6) is -0.954. The van der Waals surface area contributed by atoms with Crippen LogP contribution in [0.2, 0.25) is 0 Å². The summed E-state index contributed by atoms with van der Waals surface area (Å²) < 4.78 is 33.0. The summed E-state index contributed by atoms with van der Waals surface area (Å²) in [6, 6.07) is 24.4. The first kappa shape index (κ1) is 26.6. The fraction of sp³-hybridized carbons (Fsp3) is 0.172. The van der Waals surface area contributed by atoms with Crippen molar-refractivity contribution in [1.82, 2.24) is 4.90 Å². The van der Waals surface area contributed by atoms with Crippen molar-refractivity contribution in [1.29, 1.82) is 0 Å². The molecular formula is C29H27N3O5S2. The van der Waals surface area contributed by atoms with E-state index in [-0.39, 0.29) is 16.1 Å². The molecule has 0 radical (unpaired) electrons. The van der Waals surface area contributed by atoms with Crippen LogP contribution in [0.5, 0.6) is 0 Å². The van der Waals surface area contributed by atoms with E-state index >= 15 is 0 Å². The largest absolute Gasteiger partial charge is 0.465 e. The second-order valence-corrected chi connectivity index (χ2v) is 11.9. The number of rotatable bonds is 8. The molecule has 0 spiro atoms. The third-order valence-corrected chi connectivity index (χ3v) is 8.96. The van der Waals surface area contributed by atoms with Gasteiger partial charge in [0.25, 0.3) is 15.9 Å². The molecule has 0 bridgehead atoms. The summed E-state index contributed by atoms with van der Waals surface area (Å²) >= 11 is 1.37. The number of methoxy groups -OCH3 is 1. The molecule has 2 N–H and O–H groups in total. The summed E-state index contributed by atoms with van der Waals surface area (Å²) in [7, 11) is -2.49. The van der Waals surface area contributed by atoms with Crippen molar-refractivity contribution in [2.45, 2.75) is 24.4 Å². The summed E-state index contributed by atoms with van der Waals surface area (Å²) in [6.07, 6.45) is 0.662. The van der Waals surface area contributed by atoms with Gasteiger partial charge in [0, 0.05) is 35.8 Å². The average molecular weight is 562 g/mol. The van der Waals surface area contributed by atoms with Gasteiger partial charge >= 0.3 is 5.97 Å². The van der Waals surface area contributed by atoms with Crippen molar-refractivity contribution in [3.63, 3.8) is 0 Å². The lowest BCUT2D eigenvalue weighted by atomic mass is 10.0. The Morgan fingerprint density at radius 1 is 0.974 bits per heavy atom. The van der Waals surface area contributed by atoms with Gasteiger partial charge in [-0.15, -0.1) is 11.3 Å². The van der Waals surface area contributed by atoms with E-state index in [4.69, 9.17) is 4.74 Å². The first-order valence-electron chi connectivity index (χ1n) is 12.3. The minimum absolute atomic E-state index is 0.119. The lowest BCUT2D eigenvalue weighted by Gasteiger charge is -2.27. The van der Waals surface area contributed by atoms with Crippen LogP contribution in [0.1, 0.15) is 36.7 Å². The van der Waals surface area contributed by atoms with Gasteiger partial charge in [-0.3, -0.25) is 14.4 Å². The van der Waals surface area contributed by atoms with Gasteiger partial charge in [0.15, 0.2) is 0 Å². The molecule has 1 aromatic heterocycles. The predicted molar refractivity (Wildman–Crippen MR) is 152 cm³/mol. The van der Waals surface area contributed by atoms with Crippen LogP contribution in [0.3, 0.4) is 0 Å². The number of benzene rings is 3. The van der Waals surface area contributed by atoms with E-state index in [1.54, 1.807) is 36.4 Å². The summed E-state index contributed by atoms with van der Waals surface area (Å²) in [6.45, 7) is 2.23. The monoisotopic (exact) mass is 561 g/mol. The maximum Gasteiger partial charge on any atom is 0.341 e. The van der Waals surface area contributed by atoms with E-state index in [0.29, 0.717) is 23.5 Å². The summed E-state index contributed by atoms with van der Waals surface area (Å²) in [5.41, 5.74) is 2.99. The number of nitrogens with zero attached hydrogens (tertiary/aromatic N) is 1. The minimum Gasteiger partial charge on any atom is -0.465 e. The maximum atomic E-state index is 13.2. The van der Waals surface area contributed by atoms with E-state index in [9.17, 15) is 18.0 Å². The van der Waals surface area contributed by atoms with Gasteiger partial charge < -0.3 is 10.1 Å². The van der Waals surface area contributed by atoms with Crippen molar-refractivity contribution < 1.29 is 22.7 Å². The van der Waals surface area contributed by atoms with Crippen LogP contribution in [0.25, 0.3) is 0 Å². The minimum atomic E-state index is -3.81. The van der Waals surface area contributed by atoms with E-state index in [1.807, 2.05) is 18.2 Å². The van der Waals surface area contributed by atoms with Gasteiger partial charge in [0.05, 0.1) is 17.6 Å². The van der Waals surface area contributed by atoms with Crippen LogP contribution in [-0.2, 0) is 34.3 Å². The SMILES string of the molecule is COC(=O)c1c(NC(=O)c2cccc(NS(=O)(=O)c3ccccc3)c2)sc2c1CCN(Cc1ccccc1)C2. The number of fused-ring (bicyclic) bond motifs is 1. The van der Waals surface area contributed by atoms with Gasteiger partial charge in [-0.1, -0.05) is 54.6 Å². The van der Waals surface area contributed by atoms with Crippen LogP contribution in [-0.4, -0.2) is 38.8 Å². The van der Waals surface area contributed by atoms with Crippen molar-refractivity contribution in [2.75, 3.05) is 23.7 Å². The lowest BCUT2D eigenvalue weighted by molar-refractivity contribution is 0.0600. The molecule has 4 aromatic rings. The van der Waals surface area contributed by atoms with Gasteiger partial charge in [0.1, 0.15) is 5.00 Å². The molecule has 0 aliphatic carbocycles. The Bertz CT molecular complexity index is 1600. The van der Waals surface area contributed by atoms with Crippen molar-refractivity contribution in [3.8, 4) is 0 Å². The molecule has 1 amide bonds. The Labute approximate surface area is 231 Å². The Morgan fingerprint density at radius 3 is 2.41 bits per heavy atom. The Balaban J connectivity index is 1.36. The maximum absolute atomic E-state index is 13.2. The molecule has 3 aromatic carbocycles. The Hall–Kier alpha value is -3.99. The molecule has 5 rings (SSSR count). The molecular weight excluding hydrogens is 534 g/mol. The van der Waals surface area contributed by atoms with Crippen LogP contribution < -0.4 is 10.0 Å². The second-order valence-electron chi connectivity index (χ2n) is 9.10. The number of carbonyl (C=O) groups is 2. The molecule has 8 nitrogen and oxygen atoms in total. The zero-order chi connectivity index (χ0) is 27.4. The quantitative estimate of drug-likeness (QED) is 0.289. The van der Waals surface area contributed by atoms with Gasteiger partial charge in [0.2, 0.25) is 0 Å². The first-order valence-corrected chi connectivity index (χ1v) is 14.6. The first-order chi connectivity index (χ1) is 18.8. The molecule has 2 heterocycles. The second kappa shape index (κ2) is 11.4. The number of carbonyl (C=O) groups excluding carboxylic acids is 2. The Morgan fingerprint density at radius 2 is 1.69 bits per heavy atom. The molecule has 1 aliphatic rings. The summed E-state index contributed by atoms with van der Waals surface area (Å²) in [4.78, 5) is 29.4. The van der Waals surface area contributed by atoms with Crippen LogP contribution in [0, 0.1) is 0 Å². The molecule has 0 atom stereocenters. The number of thiophene rings is 1. The van der Waals surface area contributed by atoms with E-state index < -0.39 is 21.9 Å². The van der Waals surface area contributed by atoms with E-state index in [2.05, 4.69) is 27.1 Å². The predicted octanol–water partition coefficient (Wildman–Crippen LogP) is 5.15. The lowest BCUT2D eigenvalue weighted by Crippen LogP contribution is -2.29.